The van der Waals surface area contributed by atoms with Crippen molar-refractivity contribution in [2.45, 2.75) is 0 Å². The summed E-state index contributed by atoms with van der Waals surface area (Å²) in [6, 6.07) is 9.79. The number of azo groups is 1. The lowest BCUT2D eigenvalue weighted by Crippen LogP contribution is -2.05. The van der Waals surface area contributed by atoms with Crippen molar-refractivity contribution in [2.75, 3.05) is 7.11 Å². The zero-order chi connectivity index (χ0) is 17.3. The maximum atomic E-state index is 12.1. The molecule has 0 spiro atoms. The molecule has 0 atom stereocenters. The monoisotopic (exact) mass is 363 g/mol. The van der Waals surface area contributed by atoms with E-state index in [9.17, 15) is 9.90 Å². The van der Waals surface area contributed by atoms with Crippen LogP contribution in [0.4, 0.5) is 11.4 Å². The molecular formula is C16H11Cl2N3O3. The molecule has 24 heavy (non-hydrogen) atoms. The molecule has 0 fully saturated rings. The Hall–Kier alpha value is -2.57. The lowest BCUT2D eigenvalue weighted by Gasteiger charge is -2.06. The van der Waals surface area contributed by atoms with Crippen LogP contribution in [0.1, 0.15) is 0 Å². The lowest BCUT2D eigenvalue weighted by molar-refractivity contribution is 0.415. The standard InChI is InChI=1S/C16H11Cl2N3O3/c1-24-9-4-2-8(3-5-9)20-21-14-15(22)12-10(17)6-7-11(18)13(12)19-16(14)23/h2-7H,1H3,(H2,19,22,23). The molecule has 2 aromatic carbocycles. The number of halogens is 2. The average Bonchev–Trinajstić information content (AvgIpc) is 2.58. The van der Waals surface area contributed by atoms with Gasteiger partial charge in [0.25, 0.3) is 5.56 Å². The normalized spacial score (nSPS) is 11.3. The Morgan fingerprint density at radius 1 is 1.04 bits per heavy atom. The minimum Gasteiger partial charge on any atom is -0.505 e. The van der Waals surface area contributed by atoms with Crippen LogP contribution in [0.25, 0.3) is 10.9 Å². The molecule has 0 aliphatic rings. The highest BCUT2D eigenvalue weighted by molar-refractivity contribution is 6.40. The molecule has 0 saturated carbocycles. The molecular weight excluding hydrogens is 353 g/mol. The van der Waals surface area contributed by atoms with Crippen molar-refractivity contribution in [2.24, 2.45) is 10.2 Å². The van der Waals surface area contributed by atoms with Gasteiger partial charge in [0, 0.05) is 0 Å². The molecule has 3 rings (SSSR count). The summed E-state index contributed by atoms with van der Waals surface area (Å²) in [4.78, 5) is 14.7. The third-order valence-electron chi connectivity index (χ3n) is 3.36. The van der Waals surface area contributed by atoms with E-state index in [1.807, 2.05) is 0 Å². The molecule has 122 valence electrons. The van der Waals surface area contributed by atoms with Gasteiger partial charge in [-0.15, -0.1) is 5.11 Å². The van der Waals surface area contributed by atoms with Gasteiger partial charge in [0.1, 0.15) is 5.75 Å². The Balaban J connectivity index is 2.10. The summed E-state index contributed by atoms with van der Waals surface area (Å²) in [5, 5.41) is 18.9. The van der Waals surface area contributed by atoms with Gasteiger partial charge in [-0.2, -0.15) is 5.11 Å². The maximum Gasteiger partial charge on any atom is 0.280 e. The third-order valence-corrected chi connectivity index (χ3v) is 3.99. The van der Waals surface area contributed by atoms with Crippen molar-refractivity contribution in [3.8, 4) is 11.5 Å². The van der Waals surface area contributed by atoms with Crippen molar-refractivity contribution in [3.05, 3.63) is 56.8 Å². The SMILES string of the molecule is COc1ccc(N=Nc2c(O)c3c(Cl)ccc(Cl)c3[nH]c2=O)cc1. The van der Waals surface area contributed by atoms with Gasteiger partial charge in [-0.05, 0) is 36.4 Å². The van der Waals surface area contributed by atoms with Crippen molar-refractivity contribution >= 4 is 45.5 Å². The van der Waals surface area contributed by atoms with E-state index in [-0.39, 0.29) is 32.4 Å². The molecule has 0 unspecified atom stereocenters. The number of H-pyrrole nitrogens is 1. The zero-order valence-corrected chi connectivity index (χ0v) is 13.9. The molecule has 1 heterocycles. The van der Waals surface area contributed by atoms with Crippen molar-refractivity contribution in [1.82, 2.24) is 4.98 Å². The van der Waals surface area contributed by atoms with E-state index < -0.39 is 5.56 Å². The number of aromatic amines is 1. The first-order valence-electron chi connectivity index (χ1n) is 6.80. The van der Waals surface area contributed by atoms with Crippen LogP contribution in [0.5, 0.6) is 11.5 Å². The summed E-state index contributed by atoms with van der Waals surface area (Å²) in [6.45, 7) is 0. The van der Waals surface area contributed by atoms with E-state index in [0.29, 0.717) is 11.4 Å². The minimum absolute atomic E-state index is 0.215. The Morgan fingerprint density at radius 3 is 2.38 bits per heavy atom. The molecule has 2 N–H and O–H groups in total. The van der Waals surface area contributed by atoms with Crippen molar-refractivity contribution in [1.29, 1.82) is 0 Å². The minimum atomic E-state index is -0.624. The smallest absolute Gasteiger partial charge is 0.280 e. The van der Waals surface area contributed by atoms with E-state index in [2.05, 4.69) is 15.2 Å². The molecule has 0 aliphatic heterocycles. The molecule has 6 nitrogen and oxygen atoms in total. The summed E-state index contributed by atoms with van der Waals surface area (Å²) in [5.74, 6) is 0.292. The number of nitrogens with zero attached hydrogens (tertiary/aromatic N) is 2. The predicted octanol–water partition coefficient (Wildman–Crippen LogP) is 4.96. The van der Waals surface area contributed by atoms with E-state index >= 15 is 0 Å². The van der Waals surface area contributed by atoms with Crippen LogP contribution in [0, 0.1) is 0 Å². The van der Waals surface area contributed by atoms with Gasteiger partial charge in [-0.3, -0.25) is 4.79 Å². The molecule has 3 aromatic rings. The number of aromatic hydroxyl groups is 1. The summed E-state index contributed by atoms with van der Waals surface area (Å²) in [5.41, 5.74) is -0.133. The second-order valence-electron chi connectivity index (χ2n) is 4.83. The number of fused-ring (bicyclic) bond motifs is 1. The topological polar surface area (TPSA) is 87.0 Å². The predicted molar refractivity (Wildman–Crippen MR) is 93.4 cm³/mol. The summed E-state index contributed by atoms with van der Waals surface area (Å²) in [7, 11) is 1.55. The average molecular weight is 364 g/mol. The number of aromatic nitrogens is 1. The van der Waals surface area contributed by atoms with Crippen LogP contribution in [0.3, 0.4) is 0 Å². The number of ether oxygens (including phenoxy) is 1. The number of methoxy groups -OCH3 is 1. The fraction of sp³-hybridized carbons (Fsp3) is 0.0625. The van der Waals surface area contributed by atoms with Gasteiger partial charge in [-0.1, -0.05) is 23.2 Å². The Kier molecular flexibility index (Phi) is 4.42. The number of nitrogens with one attached hydrogen (secondary N) is 1. The number of benzene rings is 2. The van der Waals surface area contributed by atoms with Gasteiger partial charge in [0.2, 0.25) is 0 Å². The molecule has 0 aliphatic carbocycles. The molecule has 0 bridgehead atoms. The third kappa shape index (κ3) is 2.93. The van der Waals surface area contributed by atoms with Crippen molar-refractivity contribution in [3.63, 3.8) is 0 Å². The van der Waals surface area contributed by atoms with E-state index in [0.717, 1.165) is 0 Å². The molecule has 0 saturated heterocycles. The van der Waals surface area contributed by atoms with Crippen LogP contribution in [-0.2, 0) is 0 Å². The Bertz CT molecular complexity index is 998. The lowest BCUT2D eigenvalue weighted by atomic mass is 10.2. The first-order valence-corrected chi connectivity index (χ1v) is 7.55. The van der Waals surface area contributed by atoms with E-state index in [1.165, 1.54) is 12.1 Å². The van der Waals surface area contributed by atoms with E-state index in [1.54, 1.807) is 31.4 Å². The van der Waals surface area contributed by atoms with Crippen LogP contribution in [-0.4, -0.2) is 17.2 Å². The maximum absolute atomic E-state index is 12.1. The van der Waals surface area contributed by atoms with Crippen LogP contribution in [0.15, 0.2) is 51.4 Å². The summed E-state index contributed by atoms with van der Waals surface area (Å²) in [6.07, 6.45) is 0. The number of hydrogen-bond acceptors (Lipinski definition) is 5. The van der Waals surface area contributed by atoms with E-state index in [4.69, 9.17) is 27.9 Å². The van der Waals surface area contributed by atoms with Gasteiger partial charge >= 0.3 is 0 Å². The number of rotatable bonds is 3. The van der Waals surface area contributed by atoms with Crippen LogP contribution >= 0.6 is 23.2 Å². The van der Waals surface area contributed by atoms with Gasteiger partial charge < -0.3 is 14.8 Å². The molecule has 8 heteroatoms. The second kappa shape index (κ2) is 6.51. The molecule has 0 amide bonds. The highest BCUT2D eigenvalue weighted by atomic mass is 35.5. The molecule has 0 radical (unpaired) electrons. The quantitative estimate of drug-likeness (QED) is 0.644. The Labute approximate surface area is 146 Å². The fourth-order valence-corrected chi connectivity index (χ4v) is 2.61. The fourth-order valence-electron chi connectivity index (χ4n) is 2.15. The first-order chi connectivity index (χ1) is 11.5. The Morgan fingerprint density at radius 2 is 1.71 bits per heavy atom. The van der Waals surface area contributed by atoms with Crippen LogP contribution in [0.2, 0.25) is 10.0 Å². The van der Waals surface area contributed by atoms with Gasteiger partial charge in [-0.25, -0.2) is 0 Å². The molecule has 1 aromatic heterocycles. The van der Waals surface area contributed by atoms with Gasteiger partial charge in [0.15, 0.2) is 11.4 Å². The van der Waals surface area contributed by atoms with Crippen LogP contribution < -0.4 is 10.3 Å². The highest BCUT2D eigenvalue weighted by Gasteiger charge is 2.16. The second-order valence-corrected chi connectivity index (χ2v) is 5.64. The van der Waals surface area contributed by atoms with Gasteiger partial charge in [0.05, 0.1) is 33.7 Å². The zero-order valence-electron chi connectivity index (χ0n) is 12.4. The summed E-state index contributed by atoms with van der Waals surface area (Å²) >= 11 is 12.1. The largest absolute Gasteiger partial charge is 0.505 e. The number of pyridine rings is 1. The number of hydrogen-bond donors (Lipinski definition) is 2. The van der Waals surface area contributed by atoms with Crippen molar-refractivity contribution < 1.29 is 9.84 Å². The highest BCUT2D eigenvalue weighted by Crippen LogP contribution is 2.38. The summed E-state index contributed by atoms with van der Waals surface area (Å²) < 4.78 is 5.05. The first kappa shape index (κ1) is 16.3.